The second kappa shape index (κ2) is 6.23. The summed E-state index contributed by atoms with van der Waals surface area (Å²) in [4.78, 5) is 0. The highest BCUT2D eigenvalue weighted by Crippen LogP contribution is 2.39. The lowest BCUT2D eigenvalue weighted by atomic mass is 10.1. The number of hydrogen-bond donors (Lipinski definition) is 2. The van der Waals surface area contributed by atoms with Crippen LogP contribution in [-0.2, 0) is 0 Å². The van der Waals surface area contributed by atoms with Gasteiger partial charge in [-0.05, 0) is 26.0 Å². The lowest BCUT2D eigenvalue weighted by Gasteiger charge is -2.21. The first-order valence-electron chi connectivity index (χ1n) is 5.40. The van der Waals surface area contributed by atoms with Crippen molar-refractivity contribution in [2.75, 3.05) is 13.7 Å². The fourth-order valence-corrected chi connectivity index (χ4v) is 2.12. The largest absolute Gasteiger partial charge is 0.493 e. The van der Waals surface area contributed by atoms with Gasteiger partial charge in [0.05, 0.1) is 25.9 Å². The number of aliphatic hydroxyl groups is 1. The Kier molecular flexibility index (Phi) is 5.24. The predicted octanol–water partition coefficient (Wildman–Crippen LogP) is 2.24. The van der Waals surface area contributed by atoms with E-state index in [0.29, 0.717) is 11.5 Å². The summed E-state index contributed by atoms with van der Waals surface area (Å²) < 4.78 is 11.8. The molecule has 5 heteroatoms. The summed E-state index contributed by atoms with van der Waals surface area (Å²) in [5.74, 6) is 1.19. The Labute approximate surface area is 110 Å². The van der Waals surface area contributed by atoms with Crippen molar-refractivity contribution in [3.05, 3.63) is 22.2 Å². The summed E-state index contributed by atoms with van der Waals surface area (Å²) >= 11 is 3.42. The summed E-state index contributed by atoms with van der Waals surface area (Å²) in [5.41, 5.74) is 6.60. The van der Waals surface area contributed by atoms with E-state index in [-0.39, 0.29) is 12.7 Å². The molecule has 0 spiro atoms. The van der Waals surface area contributed by atoms with Gasteiger partial charge in [-0.3, -0.25) is 0 Å². The van der Waals surface area contributed by atoms with Gasteiger partial charge in [0, 0.05) is 10.0 Å². The Morgan fingerprint density at radius 3 is 2.53 bits per heavy atom. The molecule has 0 aromatic heterocycles. The summed E-state index contributed by atoms with van der Waals surface area (Å²) in [5, 5.41) is 9.19. The van der Waals surface area contributed by atoms with Crippen LogP contribution in [0.2, 0.25) is 0 Å². The van der Waals surface area contributed by atoms with Crippen molar-refractivity contribution in [3.8, 4) is 11.5 Å². The van der Waals surface area contributed by atoms with Crippen LogP contribution in [0.25, 0.3) is 0 Å². The minimum atomic E-state index is -0.506. The van der Waals surface area contributed by atoms with E-state index in [1.807, 2.05) is 19.9 Å². The van der Waals surface area contributed by atoms with Crippen molar-refractivity contribution >= 4 is 15.9 Å². The number of ether oxygens (including phenoxy) is 2. The van der Waals surface area contributed by atoms with E-state index in [1.54, 1.807) is 13.2 Å². The molecule has 3 N–H and O–H groups in total. The van der Waals surface area contributed by atoms with Crippen LogP contribution < -0.4 is 15.2 Å². The van der Waals surface area contributed by atoms with Gasteiger partial charge in [-0.25, -0.2) is 0 Å². The molecule has 0 bridgehead atoms. The van der Waals surface area contributed by atoms with Gasteiger partial charge in [0.15, 0.2) is 11.5 Å². The molecule has 1 unspecified atom stereocenters. The average Bonchev–Trinajstić information content (AvgIpc) is 2.28. The Hall–Kier alpha value is -0.780. The summed E-state index contributed by atoms with van der Waals surface area (Å²) in [6, 6.07) is 3.12. The van der Waals surface area contributed by atoms with Gasteiger partial charge in [-0.2, -0.15) is 0 Å². The molecule has 0 radical (unpaired) electrons. The standard InChI is InChI=1S/C12H18BrNO3/c1-7(2)17-12-10(16-3)5-4-8(13)11(12)9(14)6-15/h4-5,7,9,15H,6,14H2,1-3H3. The predicted molar refractivity (Wildman–Crippen MR) is 70.5 cm³/mol. The molecule has 1 atom stereocenters. The number of halogens is 1. The second-order valence-electron chi connectivity index (χ2n) is 3.95. The Morgan fingerprint density at radius 2 is 2.06 bits per heavy atom. The molecule has 1 rings (SSSR count). The Bertz CT molecular complexity index is 382. The minimum Gasteiger partial charge on any atom is -0.493 e. The fraction of sp³-hybridized carbons (Fsp3) is 0.500. The highest BCUT2D eigenvalue weighted by Gasteiger charge is 2.20. The molecule has 0 aliphatic carbocycles. The van der Waals surface area contributed by atoms with Crippen molar-refractivity contribution in [2.24, 2.45) is 5.73 Å². The number of rotatable bonds is 5. The molecular formula is C12H18BrNO3. The van der Waals surface area contributed by atoms with Crippen molar-refractivity contribution < 1.29 is 14.6 Å². The molecule has 4 nitrogen and oxygen atoms in total. The van der Waals surface area contributed by atoms with Gasteiger partial charge in [0.25, 0.3) is 0 Å². The van der Waals surface area contributed by atoms with Crippen LogP contribution in [0, 0.1) is 0 Å². The molecular weight excluding hydrogens is 286 g/mol. The highest BCUT2D eigenvalue weighted by atomic mass is 79.9. The number of aliphatic hydroxyl groups excluding tert-OH is 1. The van der Waals surface area contributed by atoms with Gasteiger partial charge in [-0.1, -0.05) is 15.9 Å². The van der Waals surface area contributed by atoms with Crippen LogP contribution in [0.3, 0.4) is 0 Å². The number of benzene rings is 1. The summed E-state index contributed by atoms with van der Waals surface area (Å²) in [7, 11) is 1.57. The van der Waals surface area contributed by atoms with E-state index in [0.717, 1.165) is 10.0 Å². The van der Waals surface area contributed by atoms with Crippen LogP contribution in [-0.4, -0.2) is 24.9 Å². The topological polar surface area (TPSA) is 64.7 Å². The van der Waals surface area contributed by atoms with E-state index in [4.69, 9.17) is 15.2 Å². The molecule has 0 saturated heterocycles. The molecule has 1 aromatic rings. The first kappa shape index (κ1) is 14.3. The maximum atomic E-state index is 9.19. The van der Waals surface area contributed by atoms with Crippen molar-refractivity contribution in [1.29, 1.82) is 0 Å². The SMILES string of the molecule is COc1ccc(Br)c(C(N)CO)c1OC(C)C. The zero-order chi connectivity index (χ0) is 13.0. The van der Waals surface area contributed by atoms with Crippen LogP contribution in [0.5, 0.6) is 11.5 Å². The van der Waals surface area contributed by atoms with Crippen LogP contribution in [0.1, 0.15) is 25.5 Å². The smallest absolute Gasteiger partial charge is 0.167 e. The quantitative estimate of drug-likeness (QED) is 0.875. The van der Waals surface area contributed by atoms with Crippen LogP contribution >= 0.6 is 15.9 Å². The molecule has 0 aliphatic heterocycles. The lowest BCUT2D eigenvalue weighted by molar-refractivity contribution is 0.219. The first-order valence-corrected chi connectivity index (χ1v) is 6.20. The van der Waals surface area contributed by atoms with E-state index >= 15 is 0 Å². The van der Waals surface area contributed by atoms with Crippen LogP contribution in [0.4, 0.5) is 0 Å². The maximum Gasteiger partial charge on any atom is 0.167 e. The van der Waals surface area contributed by atoms with E-state index in [2.05, 4.69) is 15.9 Å². The molecule has 17 heavy (non-hydrogen) atoms. The van der Waals surface area contributed by atoms with Gasteiger partial charge >= 0.3 is 0 Å². The van der Waals surface area contributed by atoms with Gasteiger partial charge in [0.2, 0.25) is 0 Å². The summed E-state index contributed by atoms with van der Waals surface area (Å²) in [6.45, 7) is 3.70. The molecule has 1 aromatic carbocycles. The first-order chi connectivity index (χ1) is 8.01. The Morgan fingerprint density at radius 1 is 1.41 bits per heavy atom. The van der Waals surface area contributed by atoms with Crippen molar-refractivity contribution in [3.63, 3.8) is 0 Å². The normalized spacial score (nSPS) is 12.6. The monoisotopic (exact) mass is 303 g/mol. The third kappa shape index (κ3) is 3.34. The van der Waals surface area contributed by atoms with Crippen molar-refractivity contribution in [2.45, 2.75) is 26.0 Å². The number of methoxy groups -OCH3 is 1. The molecule has 0 aliphatic rings. The van der Waals surface area contributed by atoms with Gasteiger partial charge in [-0.15, -0.1) is 0 Å². The third-order valence-corrected chi connectivity index (χ3v) is 2.94. The molecule has 0 fully saturated rings. The fourth-order valence-electron chi connectivity index (χ4n) is 1.51. The molecule has 0 saturated carbocycles. The minimum absolute atomic E-state index is 0.00263. The molecule has 0 amide bonds. The second-order valence-corrected chi connectivity index (χ2v) is 4.80. The maximum absolute atomic E-state index is 9.19. The zero-order valence-electron chi connectivity index (χ0n) is 10.2. The number of nitrogens with two attached hydrogens (primary N) is 1. The van der Waals surface area contributed by atoms with E-state index < -0.39 is 6.04 Å². The van der Waals surface area contributed by atoms with E-state index in [9.17, 15) is 5.11 Å². The third-order valence-electron chi connectivity index (χ3n) is 2.25. The van der Waals surface area contributed by atoms with Crippen LogP contribution in [0.15, 0.2) is 16.6 Å². The number of hydrogen-bond acceptors (Lipinski definition) is 4. The van der Waals surface area contributed by atoms with Crippen molar-refractivity contribution in [1.82, 2.24) is 0 Å². The Balaban J connectivity index is 3.31. The summed E-state index contributed by atoms with van der Waals surface area (Å²) in [6.07, 6.45) is 0.00263. The van der Waals surface area contributed by atoms with Gasteiger partial charge in [0.1, 0.15) is 0 Å². The lowest BCUT2D eigenvalue weighted by Crippen LogP contribution is -2.18. The van der Waals surface area contributed by atoms with E-state index in [1.165, 1.54) is 0 Å². The van der Waals surface area contributed by atoms with Gasteiger partial charge < -0.3 is 20.3 Å². The highest BCUT2D eigenvalue weighted by molar-refractivity contribution is 9.10. The average molecular weight is 304 g/mol. The molecule has 0 heterocycles. The molecule has 96 valence electrons. The zero-order valence-corrected chi connectivity index (χ0v) is 11.8.